The molecule has 0 atom stereocenters. The molecule has 3 aromatic rings. The first kappa shape index (κ1) is 14.4. The van der Waals surface area contributed by atoms with Crippen LogP contribution in [0, 0.1) is 0 Å². The molecule has 1 amide bonds. The van der Waals surface area contributed by atoms with Crippen molar-refractivity contribution in [3.05, 3.63) is 60.3 Å². The highest BCUT2D eigenvalue weighted by atomic mass is 16.1. The maximum absolute atomic E-state index is 12.1. The zero-order valence-electron chi connectivity index (χ0n) is 12.0. The molecular formula is C14H14N8O. The molecule has 2 aromatic heterocycles. The van der Waals surface area contributed by atoms with E-state index in [0.717, 1.165) is 5.56 Å². The Bertz CT molecular complexity index is 764. The van der Waals surface area contributed by atoms with E-state index in [9.17, 15) is 4.79 Å². The Hall–Kier alpha value is -3.49. The van der Waals surface area contributed by atoms with Crippen molar-refractivity contribution in [2.45, 2.75) is 6.42 Å². The van der Waals surface area contributed by atoms with Gasteiger partial charge in [-0.05, 0) is 5.56 Å². The highest BCUT2D eigenvalue weighted by Crippen LogP contribution is 2.10. The Labute approximate surface area is 131 Å². The lowest BCUT2D eigenvalue weighted by Gasteiger charge is -2.09. The number of rotatable bonds is 6. The number of benzene rings is 1. The van der Waals surface area contributed by atoms with E-state index < -0.39 is 0 Å². The Morgan fingerprint density at radius 1 is 1.00 bits per heavy atom. The first-order valence-electron chi connectivity index (χ1n) is 6.83. The number of amides is 1. The van der Waals surface area contributed by atoms with Crippen LogP contribution in [0.4, 0.5) is 11.9 Å². The summed E-state index contributed by atoms with van der Waals surface area (Å²) in [7, 11) is 0. The molecule has 0 aliphatic rings. The zero-order chi connectivity index (χ0) is 15.9. The number of allylic oxidation sites excluding steroid dienone is 1. The molecule has 0 fully saturated rings. The minimum absolute atomic E-state index is 0.282. The van der Waals surface area contributed by atoms with Crippen LogP contribution in [0.5, 0.6) is 0 Å². The van der Waals surface area contributed by atoms with Crippen molar-refractivity contribution >= 4 is 17.8 Å². The summed E-state index contributed by atoms with van der Waals surface area (Å²) < 4.78 is 0. The average Bonchev–Trinajstić information content (AvgIpc) is 3.22. The first-order chi connectivity index (χ1) is 11.3. The third-order valence-electron chi connectivity index (χ3n) is 2.89. The summed E-state index contributed by atoms with van der Waals surface area (Å²) >= 11 is 0. The van der Waals surface area contributed by atoms with E-state index in [1.807, 2.05) is 30.3 Å². The second-order valence-electron chi connectivity index (χ2n) is 4.61. The van der Waals surface area contributed by atoms with Crippen molar-refractivity contribution < 1.29 is 4.79 Å². The van der Waals surface area contributed by atoms with Crippen LogP contribution in [0.15, 0.2) is 54.8 Å². The van der Waals surface area contributed by atoms with E-state index in [1.54, 1.807) is 0 Å². The van der Waals surface area contributed by atoms with E-state index in [4.69, 9.17) is 0 Å². The standard InChI is InChI=1S/C14H14N8O/c23-12(20-14-16-9-18-22-14)7-11(19-13-15-8-17-21-13)6-10-4-2-1-3-5-10/h1-5,7-9H,6H2,(H2,15,17,19,21)(H2,16,18,20,22,23)/b11-7+. The van der Waals surface area contributed by atoms with Gasteiger partial charge in [-0.2, -0.15) is 20.2 Å². The zero-order valence-corrected chi connectivity index (χ0v) is 12.0. The summed E-state index contributed by atoms with van der Waals surface area (Å²) in [6.07, 6.45) is 4.68. The minimum Gasteiger partial charge on any atom is -0.328 e. The fourth-order valence-electron chi connectivity index (χ4n) is 1.94. The smallest absolute Gasteiger partial charge is 0.252 e. The number of nitrogens with one attached hydrogen (secondary N) is 4. The SMILES string of the molecule is O=C(/C=C(\Cc1ccccc1)Nc1ncn[nH]1)Nc1ncn[nH]1. The molecule has 116 valence electrons. The Kier molecular flexibility index (Phi) is 4.39. The van der Waals surface area contributed by atoms with Gasteiger partial charge in [-0.3, -0.25) is 10.1 Å². The summed E-state index contributed by atoms with van der Waals surface area (Å²) in [5.74, 6) is 0.407. The van der Waals surface area contributed by atoms with E-state index in [2.05, 4.69) is 41.0 Å². The summed E-state index contributed by atoms with van der Waals surface area (Å²) in [5, 5.41) is 18.3. The Morgan fingerprint density at radius 3 is 2.26 bits per heavy atom. The predicted octanol–water partition coefficient (Wildman–Crippen LogP) is 1.10. The van der Waals surface area contributed by atoms with Gasteiger partial charge in [0.25, 0.3) is 5.91 Å². The summed E-state index contributed by atoms with van der Waals surface area (Å²) in [6, 6.07) is 9.77. The second kappa shape index (κ2) is 6.98. The van der Waals surface area contributed by atoms with E-state index >= 15 is 0 Å². The van der Waals surface area contributed by atoms with Gasteiger partial charge in [0.2, 0.25) is 11.9 Å². The molecule has 23 heavy (non-hydrogen) atoms. The van der Waals surface area contributed by atoms with Crippen LogP contribution >= 0.6 is 0 Å². The van der Waals surface area contributed by atoms with Gasteiger partial charge in [-0.15, -0.1) is 0 Å². The molecule has 0 spiro atoms. The molecule has 0 saturated carbocycles. The summed E-state index contributed by atoms with van der Waals surface area (Å²) in [4.78, 5) is 19.9. The topological polar surface area (TPSA) is 124 Å². The van der Waals surface area contributed by atoms with Crippen molar-refractivity contribution in [2.24, 2.45) is 0 Å². The van der Waals surface area contributed by atoms with Crippen molar-refractivity contribution in [1.82, 2.24) is 30.4 Å². The molecule has 0 aliphatic heterocycles. The molecule has 2 heterocycles. The molecule has 0 saturated heterocycles. The van der Waals surface area contributed by atoms with E-state index in [-0.39, 0.29) is 11.9 Å². The third kappa shape index (κ3) is 4.24. The van der Waals surface area contributed by atoms with Crippen LogP contribution in [-0.4, -0.2) is 36.3 Å². The van der Waals surface area contributed by atoms with E-state index in [1.165, 1.54) is 18.7 Å². The Morgan fingerprint density at radius 2 is 1.65 bits per heavy atom. The van der Waals surface area contributed by atoms with Crippen molar-refractivity contribution in [2.75, 3.05) is 10.6 Å². The lowest BCUT2D eigenvalue weighted by atomic mass is 10.1. The molecule has 0 radical (unpaired) electrons. The fraction of sp³-hybridized carbons (Fsp3) is 0.0714. The molecule has 0 aliphatic carbocycles. The number of aromatic amines is 2. The van der Waals surface area contributed by atoms with Crippen molar-refractivity contribution in [1.29, 1.82) is 0 Å². The molecule has 3 rings (SSSR count). The largest absolute Gasteiger partial charge is 0.328 e. The number of nitrogens with zero attached hydrogens (tertiary/aromatic N) is 4. The highest BCUT2D eigenvalue weighted by Gasteiger charge is 2.07. The van der Waals surface area contributed by atoms with Crippen LogP contribution in [0.25, 0.3) is 0 Å². The maximum atomic E-state index is 12.1. The number of anilines is 2. The van der Waals surface area contributed by atoms with Gasteiger partial charge in [0.1, 0.15) is 12.7 Å². The van der Waals surface area contributed by atoms with Gasteiger partial charge in [0.05, 0.1) is 0 Å². The fourth-order valence-corrected chi connectivity index (χ4v) is 1.94. The van der Waals surface area contributed by atoms with Crippen LogP contribution in [0.3, 0.4) is 0 Å². The number of H-pyrrole nitrogens is 2. The minimum atomic E-state index is -0.334. The lowest BCUT2D eigenvalue weighted by molar-refractivity contribution is -0.112. The van der Waals surface area contributed by atoms with Crippen LogP contribution < -0.4 is 10.6 Å². The molecule has 9 heteroatoms. The predicted molar refractivity (Wildman–Crippen MR) is 83.2 cm³/mol. The third-order valence-corrected chi connectivity index (χ3v) is 2.89. The molecular weight excluding hydrogens is 296 g/mol. The van der Waals surface area contributed by atoms with E-state index in [0.29, 0.717) is 18.1 Å². The quantitative estimate of drug-likeness (QED) is 0.505. The van der Waals surface area contributed by atoms with Crippen LogP contribution in [-0.2, 0) is 11.2 Å². The van der Waals surface area contributed by atoms with Gasteiger partial charge in [-0.25, -0.2) is 10.2 Å². The Balaban J connectivity index is 1.75. The number of hydrogen-bond donors (Lipinski definition) is 4. The highest BCUT2D eigenvalue weighted by molar-refractivity contribution is 5.98. The van der Waals surface area contributed by atoms with Crippen molar-refractivity contribution in [3.63, 3.8) is 0 Å². The van der Waals surface area contributed by atoms with Gasteiger partial charge < -0.3 is 5.32 Å². The number of hydrogen-bond acceptors (Lipinski definition) is 6. The number of carbonyl (C=O) groups excluding carboxylic acids is 1. The second-order valence-corrected chi connectivity index (χ2v) is 4.61. The normalized spacial score (nSPS) is 11.2. The molecule has 0 unspecified atom stereocenters. The van der Waals surface area contributed by atoms with Gasteiger partial charge in [0, 0.05) is 18.2 Å². The van der Waals surface area contributed by atoms with Gasteiger partial charge >= 0.3 is 0 Å². The summed E-state index contributed by atoms with van der Waals surface area (Å²) in [6.45, 7) is 0. The lowest BCUT2D eigenvalue weighted by Crippen LogP contribution is -2.14. The van der Waals surface area contributed by atoms with Gasteiger partial charge in [-0.1, -0.05) is 30.3 Å². The summed E-state index contributed by atoms with van der Waals surface area (Å²) in [5.41, 5.74) is 1.71. The molecule has 4 N–H and O–H groups in total. The van der Waals surface area contributed by atoms with Crippen LogP contribution in [0.2, 0.25) is 0 Å². The maximum Gasteiger partial charge on any atom is 0.252 e. The first-order valence-corrected chi connectivity index (χ1v) is 6.83. The number of carbonyl (C=O) groups is 1. The molecule has 1 aromatic carbocycles. The van der Waals surface area contributed by atoms with Gasteiger partial charge in [0.15, 0.2) is 0 Å². The van der Waals surface area contributed by atoms with Crippen molar-refractivity contribution in [3.8, 4) is 0 Å². The molecule has 0 bridgehead atoms. The molecule has 9 nitrogen and oxygen atoms in total. The average molecular weight is 310 g/mol. The monoisotopic (exact) mass is 310 g/mol. The van der Waals surface area contributed by atoms with Crippen LogP contribution in [0.1, 0.15) is 5.56 Å². The number of aromatic nitrogens is 6.